The molecule has 0 bridgehead atoms. The Balaban J connectivity index is 2.07. The maximum absolute atomic E-state index is 13.7. The van der Waals surface area contributed by atoms with E-state index in [2.05, 4.69) is 0 Å². The number of ether oxygens (including phenoxy) is 1. The largest absolute Gasteiger partial charge is 0.464 e. The van der Waals surface area contributed by atoms with Gasteiger partial charge in [0.05, 0.1) is 18.8 Å². The standard InChI is InChI=1S/C18H17FN2O3/c1-2-24-17(23)18(20)14-10-13(19)8-9-15(14)21(16(18)22)11-12-6-4-3-5-7-12/h3-10H,2,11,20H2,1H3. The fourth-order valence-corrected chi connectivity index (χ4v) is 2.86. The summed E-state index contributed by atoms with van der Waals surface area (Å²) in [6.07, 6.45) is 0. The summed E-state index contributed by atoms with van der Waals surface area (Å²) in [5, 5.41) is 0. The molecule has 1 aliphatic rings. The van der Waals surface area contributed by atoms with Crippen LogP contribution in [0, 0.1) is 5.82 Å². The van der Waals surface area contributed by atoms with Gasteiger partial charge in [-0.1, -0.05) is 30.3 Å². The van der Waals surface area contributed by atoms with E-state index in [1.807, 2.05) is 30.3 Å². The fourth-order valence-electron chi connectivity index (χ4n) is 2.86. The molecule has 124 valence electrons. The number of anilines is 1. The van der Waals surface area contributed by atoms with Gasteiger partial charge in [-0.3, -0.25) is 4.79 Å². The third kappa shape index (κ3) is 2.45. The highest BCUT2D eigenvalue weighted by atomic mass is 19.1. The Hall–Kier alpha value is -2.73. The van der Waals surface area contributed by atoms with E-state index in [1.54, 1.807) is 6.92 Å². The SMILES string of the molecule is CCOC(=O)C1(N)C(=O)N(Cc2ccccc2)c2ccc(F)cc21. The van der Waals surface area contributed by atoms with Crippen molar-refractivity contribution < 1.29 is 18.7 Å². The van der Waals surface area contributed by atoms with Gasteiger partial charge in [0.15, 0.2) is 0 Å². The van der Waals surface area contributed by atoms with Gasteiger partial charge in [0.25, 0.3) is 5.91 Å². The van der Waals surface area contributed by atoms with E-state index in [0.29, 0.717) is 5.69 Å². The average Bonchev–Trinajstić information content (AvgIpc) is 2.79. The van der Waals surface area contributed by atoms with Crippen molar-refractivity contribution in [1.29, 1.82) is 0 Å². The highest BCUT2D eigenvalue weighted by Gasteiger charge is 2.55. The first-order valence-corrected chi connectivity index (χ1v) is 7.60. The van der Waals surface area contributed by atoms with E-state index in [1.165, 1.54) is 17.0 Å². The third-order valence-corrected chi connectivity index (χ3v) is 4.04. The van der Waals surface area contributed by atoms with Crippen LogP contribution in [0.1, 0.15) is 18.1 Å². The number of hydrogen-bond donors (Lipinski definition) is 1. The molecule has 0 saturated heterocycles. The number of benzene rings is 2. The minimum atomic E-state index is -2.03. The normalized spacial score (nSPS) is 19.3. The highest BCUT2D eigenvalue weighted by molar-refractivity contribution is 6.19. The van der Waals surface area contributed by atoms with Gasteiger partial charge in [-0.2, -0.15) is 0 Å². The second-order valence-electron chi connectivity index (χ2n) is 5.57. The maximum atomic E-state index is 13.7. The van der Waals surface area contributed by atoms with Crippen molar-refractivity contribution in [2.75, 3.05) is 11.5 Å². The highest BCUT2D eigenvalue weighted by Crippen LogP contribution is 2.40. The molecule has 0 aliphatic carbocycles. The van der Waals surface area contributed by atoms with Crippen LogP contribution in [0.2, 0.25) is 0 Å². The molecule has 1 unspecified atom stereocenters. The van der Waals surface area contributed by atoms with Crippen LogP contribution >= 0.6 is 0 Å². The van der Waals surface area contributed by atoms with E-state index >= 15 is 0 Å². The monoisotopic (exact) mass is 328 g/mol. The number of hydrogen-bond acceptors (Lipinski definition) is 4. The number of nitrogens with zero attached hydrogens (tertiary/aromatic N) is 1. The van der Waals surface area contributed by atoms with Crippen LogP contribution < -0.4 is 10.6 Å². The molecule has 3 rings (SSSR count). The predicted molar refractivity (Wildman–Crippen MR) is 86.5 cm³/mol. The molecule has 2 aromatic rings. The van der Waals surface area contributed by atoms with Crippen LogP contribution in [0.5, 0.6) is 0 Å². The van der Waals surface area contributed by atoms with Gasteiger partial charge in [0, 0.05) is 5.56 Å². The van der Waals surface area contributed by atoms with Gasteiger partial charge in [-0.25, -0.2) is 9.18 Å². The zero-order valence-electron chi connectivity index (χ0n) is 13.2. The zero-order chi connectivity index (χ0) is 17.3. The quantitative estimate of drug-likeness (QED) is 0.689. The Labute approximate surface area is 138 Å². The number of esters is 1. The van der Waals surface area contributed by atoms with Gasteiger partial charge < -0.3 is 15.4 Å². The second-order valence-corrected chi connectivity index (χ2v) is 5.57. The summed E-state index contributed by atoms with van der Waals surface area (Å²) in [4.78, 5) is 26.6. The van der Waals surface area contributed by atoms with E-state index in [-0.39, 0.29) is 18.7 Å². The summed E-state index contributed by atoms with van der Waals surface area (Å²) in [5.41, 5.74) is 5.51. The summed E-state index contributed by atoms with van der Waals surface area (Å²) in [7, 11) is 0. The molecular formula is C18H17FN2O3. The molecule has 1 amide bonds. The lowest BCUT2D eigenvalue weighted by Gasteiger charge is -2.22. The molecule has 0 saturated carbocycles. The number of nitrogens with two attached hydrogens (primary N) is 1. The molecule has 1 heterocycles. The van der Waals surface area contributed by atoms with Crippen molar-refractivity contribution in [3.63, 3.8) is 0 Å². The minimum absolute atomic E-state index is 0.0778. The van der Waals surface area contributed by atoms with Crippen LogP contribution in [-0.4, -0.2) is 18.5 Å². The lowest BCUT2D eigenvalue weighted by molar-refractivity contribution is -0.153. The third-order valence-electron chi connectivity index (χ3n) is 4.04. The molecule has 5 nitrogen and oxygen atoms in total. The molecular weight excluding hydrogens is 311 g/mol. The summed E-state index contributed by atoms with van der Waals surface area (Å²) < 4.78 is 18.7. The first kappa shape index (κ1) is 16.1. The lowest BCUT2D eigenvalue weighted by Crippen LogP contribution is -2.53. The van der Waals surface area contributed by atoms with Crippen molar-refractivity contribution >= 4 is 17.6 Å². The number of amides is 1. The van der Waals surface area contributed by atoms with Crippen molar-refractivity contribution in [3.8, 4) is 0 Å². The van der Waals surface area contributed by atoms with Crippen LogP contribution in [-0.2, 0) is 26.4 Å². The molecule has 6 heteroatoms. The van der Waals surface area contributed by atoms with Gasteiger partial charge in [0.1, 0.15) is 5.82 Å². The van der Waals surface area contributed by atoms with Crippen molar-refractivity contribution in [3.05, 3.63) is 65.5 Å². The molecule has 0 fully saturated rings. The molecule has 0 spiro atoms. The molecule has 1 atom stereocenters. The van der Waals surface area contributed by atoms with Crippen LogP contribution in [0.25, 0.3) is 0 Å². The molecule has 0 aromatic heterocycles. The predicted octanol–water partition coefficient (Wildman–Crippen LogP) is 2.09. The fraction of sp³-hybridized carbons (Fsp3) is 0.222. The van der Waals surface area contributed by atoms with Crippen molar-refractivity contribution in [2.24, 2.45) is 5.73 Å². The number of rotatable bonds is 4. The summed E-state index contributed by atoms with van der Waals surface area (Å²) >= 11 is 0. The zero-order valence-corrected chi connectivity index (χ0v) is 13.2. The number of fused-ring (bicyclic) bond motifs is 1. The Kier molecular flexibility index (Phi) is 4.07. The Morgan fingerprint density at radius 1 is 1.25 bits per heavy atom. The Bertz CT molecular complexity index is 794. The average molecular weight is 328 g/mol. The van der Waals surface area contributed by atoms with Gasteiger partial charge >= 0.3 is 5.97 Å². The van der Waals surface area contributed by atoms with Gasteiger partial charge in [0.2, 0.25) is 5.54 Å². The molecule has 1 aliphatic heterocycles. The summed E-state index contributed by atoms with van der Waals surface area (Å²) in [5.74, 6) is -2.06. The topological polar surface area (TPSA) is 72.6 Å². The van der Waals surface area contributed by atoms with E-state index < -0.39 is 23.2 Å². The number of carbonyl (C=O) groups is 2. The summed E-state index contributed by atoms with van der Waals surface area (Å²) in [6.45, 7) is 1.93. The van der Waals surface area contributed by atoms with E-state index in [0.717, 1.165) is 11.6 Å². The second kappa shape index (κ2) is 6.05. The van der Waals surface area contributed by atoms with Gasteiger partial charge in [-0.15, -0.1) is 0 Å². The number of carbonyl (C=O) groups excluding carboxylic acids is 2. The van der Waals surface area contributed by atoms with Crippen molar-refractivity contribution in [2.45, 2.75) is 19.0 Å². The van der Waals surface area contributed by atoms with Crippen LogP contribution in [0.15, 0.2) is 48.5 Å². The van der Waals surface area contributed by atoms with E-state index in [9.17, 15) is 14.0 Å². The van der Waals surface area contributed by atoms with Crippen molar-refractivity contribution in [1.82, 2.24) is 0 Å². The smallest absolute Gasteiger partial charge is 0.340 e. The molecule has 2 aromatic carbocycles. The first-order chi connectivity index (χ1) is 11.5. The summed E-state index contributed by atoms with van der Waals surface area (Å²) in [6, 6.07) is 13.1. The lowest BCUT2D eigenvalue weighted by atomic mass is 9.92. The Morgan fingerprint density at radius 3 is 2.62 bits per heavy atom. The van der Waals surface area contributed by atoms with Crippen LogP contribution in [0.4, 0.5) is 10.1 Å². The minimum Gasteiger partial charge on any atom is -0.464 e. The molecule has 0 radical (unpaired) electrons. The van der Waals surface area contributed by atoms with Crippen LogP contribution in [0.3, 0.4) is 0 Å². The van der Waals surface area contributed by atoms with Gasteiger partial charge in [-0.05, 0) is 30.7 Å². The maximum Gasteiger partial charge on any atom is 0.340 e. The first-order valence-electron chi connectivity index (χ1n) is 7.60. The van der Waals surface area contributed by atoms with E-state index in [4.69, 9.17) is 10.5 Å². The number of halogens is 1. The molecule has 24 heavy (non-hydrogen) atoms. The Morgan fingerprint density at radius 2 is 1.96 bits per heavy atom. The molecule has 2 N–H and O–H groups in total.